The van der Waals surface area contributed by atoms with Gasteiger partial charge >= 0.3 is 0 Å². The summed E-state index contributed by atoms with van der Waals surface area (Å²) in [6, 6.07) is 13.2. The van der Waals surface area contributed by atoms with E-state index in [1.807, 2.05) is 11.3 Å². The first kappa shape index (κ1) is 13.3. The van der Waals surface area contributed by atoms with E-state index in [0.29, 0.717) is 0 Å². The summed E-state index contributed by atoms with van der Waals surface area (Å²) in [4.78, 5) is 2.66. The van der Waals surface area contributed by atoms with Crippen LogP contribution in [0.15, 0.2) is 36.4 Å². The molecule has 0 aliphatic carbocycles. The molecule has 0 aliphatic rings. The lowest BCUT2D eigenvalue weighted by molar-refractivity contribution is 0.524. The van der Waals surface area contributed by atoms with Crippen molar-refractivity contribution in [3.05, 3.63) is 57.3 Å². The number of nitrogens with two attached hydrogens (primary N) is 1. The quantitative estimate of drug-likeness (QED) is 0.638. The summed E-state index contributed by atoms with van der Waals surface area (Å²) >= 11 is 1.82. The molecule has 1 atom stereocenters. The van der Waals surface area contributed by atoms with Crippen LogP contribution in [0.5, 0.6) is 0 Å². The lowest BCUT2D eigenvalue weighted by Crippen LogP contribution is -2.27. The average molecular weight is 260 g/mol. The standard InChI is InChI=1S/C15H20N2S/c1-11-4-3-5-13(10-11)7-8-14(17-16)15-9-6-12(2)18-15/h3-6,9-10,14,17H,7-8,16H2,1-2H3. The molecule has 1 aromatic carbocycles. The third-order valence-corrected chi connectivity index (χ3v) is 4.22. The van der Waals surface area contributed by atoms with Crippen molar-refractivity contribution in [2.75, 3.05) is 0 Å². The topological polar surface area (TPSA) is 38.0 Å². The highest BCUT2D eigenvalue weighted by Crippen LogP contribution is 2.25. The maximum Gasteiger partial charge on any atom is 0.0556 e. The summed E-state index contributed by atoms with van der Waals surface area (Å²) < 4.78 is 0. The van der Waals surface area contributed by atoms with Crippen LogP contribution in [0, 0.1) is 13.8 Å². The van der Waals surface area contributed by atoms with Gasteiger partial charge in [-0.1, -0.05) is 29.8 Å². The predicted octanol–water partition coefficient (Wildman–Crippen LogP) is 3.50. The first-order valence-electron chi connectivity index (χ1n) is 6.27. The molecule has 96 valence electrons. The number of hydrogen-bond donors (Lipinski definition) is 2. The second-order valence-electron chi connectivity index (χ2n) is 4.70. The van der Waals surface area contributed by atoms with Gasteiger partial charge in [0.2, 0.25) is 0 Å². The molecule has 2 aromatic rings. The molecule has 2 rings (SSSR count). The van der Waals surface area contributed by atoms with Crippen molar-refractivity contribution >= 4 is 11.3 Å². The third-order valence-electron chi connectivity index (χ3n) is 3.11. The SMILES string of the molecule is Cc1cccc(CCC(NN)c2ccc(C)s2)c1. The van der Waals surface area contributed by atoms with E-state index in [1.54, 1.807) is 0 Å². The van der Waals surface area contributed by atoms with Crippen molar-refractivity contribution < 1.29 is 0 Å². The number of thiophene rings is 1. The minimum absolute atomic E-state index is 0.254. The summed E-state index contributed by atoms with van der Waals surface area (Å²) in [5.74, 6) is 5.66. The van der Waals surface area contributed by atoms with E-state index in [1.165, 1.54) is 20.9 Å². The second kappa shape index (κ2) is 6.14. The predicted molar refractivity (Wildman–Crippen MR) is 78.6 cm³/mol. The van der Waals surface area contributed by atoms with Crippen molar-refractivity contribution in [2.24, 2.45) is 5.84 Å². The van der Waals surface area contributed by atoms with Gasteiger partial charge in [-0.05, 0) is 44.4 Å². The molecule has 1 unspecified atom stereocenters. The van der Waals surface area contributed by atoms with Crippen molar-refractivity contribution in [3.63, 3.8) is 0 Å². The Morgan fingerprint density at radius 3 is 2.67 bits per heavy atom. The minimum atomic E-state index is 0.254. The van der Waals surface area contributed by atoms with Gasteiger partial charge in [-0.2, -0.15) is 0 Å². The molecule has 0 spiro atoms. The van der Waals surface area contributed by atoms with E-state index >= 15 is 0 Å². The van der Waals surface area contributed by atoms with Crippen molar-refractivity contribution in [1.29, 1.82) is 0 Å². The molecular weight excluding hydrogens is 240 g/mol. The average Bonchev–Trinajstić information content (AvgIpc) is 2.77. The molecule has 0 saturated heterocycles. The van der Waals surface area contributed by atoms with Gasteiger partial charge in [-0.3, -0.25) is 11.3 Å². The highest BCUT2D eigenvalue weighted by molar-refractivity contribution is 7.12. The lowest BCUT2D eigenvalue weighted by atomic mass is 10.0. The van der Waals surface area contributed by atoms with Crippen LogP contribution in [0.4, 0.5) is 0 Å². The van der Waals surface area contributed by atoms with Gasteiger partial charge in [-0.15, -0.1) is 11.3 Å². The number of hydrogen-bond acceptors (Lipinski definition) is 3. The van der Waals surface area contributed by atoms with E-state index < -0.39 is 0 Å². The summed E-state index contributed by atoms with van der Waals surface area (Å²) in [5.41, 5.74) is 5.62. The van der Waals surface area contributed by atoms with E-state index in [0.717, 1.165) is 12.8 Å². The Hall–Kier alpha value is -1.16. The van der Waals surface area contributed by atoms with Crippen LogP contribution in [0.2, 0.25) is 0 Å². The van der Waals surface area contributed by atoms with Gasteiger partial charge in [0.1, 0.15) is 0 Å². The van der Waals surface area contributed by atoms with Crippen LogP contribution in [0.3, 0.4) is 0 Å². The maximum absolute atomic E-state index is 5.66. The van der Waals surface area contributed by atoms with Crippen molar-refractivity contribution in [1.82, 2.24) is 5.43 Å². The van der Waals surface area contributed by atoms with Gasteiger partial charge in [0.15, 0.2) is 0 Å². The molecular formula is C15H20N2S. The van der Waals surface area contributed by atoms with Crippen LogP contribution in [-0.2, 0) is 6.42 Å². The Bertz CT molecular complexity index is 505. The molecule has 0 fully saturated rings. The third kappa shape index (κ3) is 3.42. The Kier molecular flexibility index (Phi) is 4.53. The normalized spacial score (nSPS) is 12.6. The van der Waals surface area contributed by atoms with Gasteiger partial charge in [-0.25, -0.2) is 0 Å². The fourth-order valence-electron chi connectivity index (χ4n) is 2.13. The van der Waals surface area contributed by atoms with E-state index in [9.17, 15) is 0 Å². The zero-order chi connectivity index (χ0) is 13.0. The Labute approximate surface area is 113 Å². The molecule has 2 nitrogen and oxygen atoms in total. The molecule has 0 amide bonds. The largest absolute Gasteiger partial charge is 0.271 e. The maximum atomic E-state index is 5.66. The van der Waals surface area contributed by atoms with Gasteiger partial charge in [0, 0.05) is 9.75 Å². The smallest absolute Gasteiger partial charge is 0.0556 e. The summed E-state index contributed by atoms with van der Waals surface area (Å²) in [7, 11) is 0. The van der Waals surface area contributed by atoms with Crippen LogP contribution < -0.4 is 11.3 Å². The molecule has 0 saturated carbocycles. The fourth-order valence-corrected chi connectivity index (χ4v) is 3.10. The minimum Gasteiger partial charge on any atom is -0.271 e. The summed E-state index contributed by atoms with van der Waals surface area (Å²) in [5, 5.41) is 0. The molecule has 0 radical (unpaired) electrons. The van der Waals surface area contributed by atoms with Crippen LogP contribution in [-0.4, -0.2) is 0 Å². The zero-order valence-corrected chi connectivity index (χ0v) is 11.8. The van der Waals surface area contributed by atoms with Gasteiger partial charge < -0.3 is 0 Å². The number of benzene rings is 1. The molecule has 3 N–H and O–H groups in total. The number of nitrogens with one attached hydrogen (secondary N) is 1. The molecule has 0 bridgehead atoms. The fraction of sp³-hybridized carbons (Fsp3) is 0.333. The van der Waals surface area contributed by atoms with Crippen LogP contribution >= 0.6 is 11.3 Å². The highest BCUT2D eigenvalue weighted by Gasteiger charge is 2.11. The lowest BCUT2D eigenvalue weighted by Gasteiger charge is -2.14. The molecule has 3 heteroatoms. The van der Waals surface area contributed by atoms with Gasteiger partial charge in [0.25, 0.3) is 0 Å². The molecule has 1 aromatic heterocycles. The Morgan fingerprint density at radius 2 is 2.06 bits per heavy atom. The van der Waals surface area contributed by atoms with E-state index in [2.05, 4.69) is 55.7 Å². The molecule has 1 heterocycles. The second-order valence-corrected chi connectivity index (χ2v) is 6.01. The Morgan fingerprint density at radius 1 is 1.22 bits per heavy atom. The number of aryl methyl sites for hydroxylation is 3. The molecule has 0 aliphatic heterocycles. The van der Waals surface area contributed by atoms with E-state index in [-0.39, 0.29) is 6.04 Å². The molecule has 18 heavy (non-hydrogen) atoms. The number of rotatable bonds is 5. The van der Waals surface area contributed by atoms with E-state index in [4.69, 9.17) is 5.84 Å². The first-order chi connectivity index (χ1) is 8.69. The summed E-state index contributed by atoms with van der Waals surface area (Å²) in [6.07, 6.45) is 2.08. The van der Waals surface area contributed by atoms with Crippen LogP contribution in [0.1, 0.15) is 33.3 Å². The number of hydrazine groups is 1. The van der Waals surface area contributed by atoms with Crippen molar-refractivity contribution in [2.45, 2.75) is 32.7 Å². The Balaban J connectivity index is 1.99. The van der Waals surface area contributed by atoms with Crippen LogP contribution in [0.25, 0.3) is 0 Å². The summed E-state index contributed by atoms with van der Waals surface area (Å²) in [6.45, 7) is 4.26. The first-order valence-corrected chi connectivity index (χ1v) is 7.08. The van der Waals surface area contributed by atoms with Gasteiger partial charge in [0.05, 0.1) is 6.04 Å². The highest BCUT2D eigenvalue weighted by atomic mass is 32.1. The van der Waals surface area contributed by atoms with Crippen molar-refractivity contribution in [3.8, 4) is 0 Å². The zero-order valence-electron chi connectivity index (χ0n) is 10.9. The monoisotopic (exact) mass is 260 g/mol.